The summed E-state index contributed by atoms with van der Waals surface area (Å²) in [6.45, 7) is 3.51. The molecular formula is C17H21N3O2. The zero-order valence-corrected chi connectivity index (χ0v) is 12.6. The van der Waals surface area contributed by atoms with Crippen LogP contribution in [0.2, 0.25) is 0 Å². The molecule has 0 unspecified atom stereocenters. The molecule has 0 aromatic heterocycles. The van der Waals surface area contributed by atoms with Crippen LogP contribution in [-0.4, -0.2) is 36.4 Å². The molecule has 2 amide bonds. The maximum Gasteiger partial charge on any atom is 0.319 e. The molecule has 0 aliphatic carbocycles. The highest BCUT2D eigenvalue weighted by molar-refractivity contribution is 6.02. The van der Waals surface area contributed by atoms with E-state index in [1.807, 2.05) is 43.3 Å². The summed E-state index contributed by atoms with van der Waals surface area (Å²) in [5.41, 5.74) is 0.979. The summed E-state index contributed by atoms with van der Waals surface area (Å²) in [6, 6.07) is 11.7. The molecule has 1 fully saturated rings. The lowest BCUT2D eigenvalue weighted by Gasteiger charge is -2.22. The smallest absolute Gasteiger partial charge is 0.319 e. The number of benzene rings is 2. The molecule has 1 atom stereocenters. The quantitative estimate of drug-likeness (QED) is 0.700. The molecule has 1 aliphatic heterocycles. The fourth-order valence-electron chi connectivity index (χ4n) is 2.83. The molecule has 3 rings (SSSR count). The Balaban J connectivity index is 1.72. The average Bonchev–Trinajstić information content (AvgIpc) is 2.95. The lowest BCUT2D eigenvalue weighted by atomic mass is 10.0. The number of nitrogens with one attached hydrogen (secondary N) is 3. The minimum absolute atomic E-state index is 0.246. The average molecular weight is 299 g/mol. The number of urea groups is 1. The van der Waals surface area contributed by atoms with Crippen molar-refractivity contribution < 1.29 is 9.90 Å². The fraction of sp³-hybridized carbons (Fsp3) is 0.353. The molecule has 116 valence electrons. The number of amides is 2. The van der Waals surface area contributed by atoms with Crippen molar-refractivity contribution in [2.24, 2.45) is 0 Å². The molecule has 0 spiro atoms. The number of carbonyl (C=O) groups excluding carboxylic acids is 1. The van der Waals surface area contributed by atoms with Crippen LogP contribution in [0.25, 0.3) is 10.8 Å². The van der Waals surface area contributed by atoms with Crippen LogP contribution in [0.15, 0.2) is 36.4 Å². The predicted molar refractivity (Wildman–Crippen MR) is 88.1 cm³/mol. The van der Waals surface area contributed by atoms with Gasteiger partial charge in [-0.25, -0.2) is 4.79 Å². The van der Waals surface area contributed by atoms with Gasteiger partial charge in [0.15, 0.2) is 0 Å². The molecule has 5 nitrogen and oxygen atoms in total. The van der Waals surface area contributed by atoms with Gasteiger partial charge in [0.1, 0.15) is 0 Å². The Kier molecular flexibility index (Phi) is 4.00. The zero-order chi connectivity index (χ0) is 15.6. The number of hydrogen-bond donors (Lipinski definition) is 4. The summed E-state index contributed by atoms with van der Waals surface area (Å²) in [4.78, 5) is 12.2. The van der Waals surface area contributed by atoms with Crippen LogP contribution in [0.5, 0.6) is 0 Å². The second kappa shape index (κ2) is 5.94. The van der Waals surface area contributed by atoms with Crippen LogP contribution in [0.1, 0.15) is 12.0 Å². The summed E-state index contributed by atoms with van der Waals surface area (Å²) < 4.78 is 0. The summed E-state index contributed by atoms with van der Waals surface area (Å²) in [5, 5.41) is 21.1. The van der Waals surface area contributed by atoms with E-state index in [4.69, 9.17) is 0 Å². The van der Waals surface area contributed by atoms with E-state index in [9.17, 15) is 9.90 Å². The highest BCUT2D eigenvalue weighted by Gasteiger charge is 2.31. The molecule has 0 radical (unpaired) electrons. The zero-order valence-electron chi connectivity index (χ0n) is 12.6. The topological polar surface area (TPSA) is 73.4 Å². The van der Waals surface area contributed by atoms with Crippen molar-refractivity contribution in [3.8, 4) is 0 Å². The molecule has 1 saturated heterocycles. The van der Waals surface area contributed by atoms with Crippen molar-refractivity contribution in [1.29, 1.82) is 0 Å². The summed E-state index contributed by atoms with van der Waals surface area (Å²) in [5.74, 6) is 0. The van der Waals surface area contributed by atoms with Crippen LogP contribution in [0.4, 0.5) is 10.5 Å². The number of carbonyl (C=O) groups is 1. The third-order valence-electron chi connectivity index (χ3n) is 4.18. The van der Waals surface area contributed by atoms with Crippen molar-refractivity contribution in [3.63, 3.8) is 0 Å². The van der Waals surface area contributed by atoms with Crippen LogP contribution in [0.3, 0.4) is 0 Å². The maximum atomic E-state index is 12.2. The highest BCUT2D eigenvalue weighted by Crippen LogP contribution is 2.26. The van der Waals surface area contributed by atoms with E-state index >= 15 is 0 Å². The number of aryl methyl sites for hydroxylation is 1. The number of fused-ring (bicyclic) bond motifs is 1. The molecule has 2 aromatic carbocycles. The molecule has 0 bridgehead atoms. The van der Waals surface area contributed by atoms with Crippen LogP contribution < -0.4 is 16.0 Å². The minimum Gasteiger partial charge on any atom is -0.387 e. The predicted octanol–water partition coefficient (Wildman–Crippen LogP) is 1.99. The van der Waals surface area contributed by atoms with Crippen molar-refractivity contribution in [3.05, 3.63) is 42.0 Å². The van der Waals surface area contributed by atoms with Crippen molar-refractivity contribution in [1.82, 2.24) is 10.6 Å². The van der Waals surface area contributed by atoms with Crippen LogP contribution in [0, 0.1) is 6.92 Å². The van der Waals surface area contributed by atoms with Gasteiger partial charge in [-0.3, -0.25) is 0 Å². The van der Waals surface area contributed by atoms with Gasteiger partial charge in [-0.15, -0.1) is 0 Å². The third-order valence-corrected chi connectivity index (χ3v) is 4.18. The molecule has 22 heavy (non-hydrogen) atoms. The fourth-order valence-corrected chi connectivity index (χ4v) is 2.83. The number of rotatable bonds is 3. The lowest BCUT2D eigenvalue weighted by molar-refractivity contribution is 0.0640. The van der Waals surface area contributed by atoms with Gasteiger partial charge in [0.2, 0.25) is 0 Å². The van der Waals surface area contributed by atoms with E-state index in [-0.39, 0.29) is 12.6 Å². The Morgan fingerprint density at radius 3 is 2.91 bits per heavy atom. The second-order valence-corrected chi connectivity index (χ2v) is 5.94. The Morgan fingerprint density at radius 1 is 1.32 bits per heavy atom. The van der Waals surface area contributed by atoms with E-state index < -0.39 is 5.60 Å². The Hall–Kier alpha value is -2.11. The molecule has 2 aromatic rings. The van der Waals surface area contributed by atoms with E-state index in [1.54, 1.807) is 0 Å². The van der Waals surface area contributed by atoms with Gasteiger partial charge < -0.3 is 21.1 Å². The van der Waals surface area contributed by atoms with Gasteiger partial charge in [0, 0.05) is 18.5 Å². The largest absolute Gasteiger partial charge is 0.387 e. The first kappa shape index (κ1) is 14.8. The second-order valence-electron chi connectivity index (χ2n) is 5.94. The Bertz CT molecular complexity index is 693. The van der Waals surface area contributed by atoms with Crippen molar-refractivity contribution in [2.75, 3.05) is 25.0 Å². The Labute approximate surface area is 129 Å². The van der Waals surface area contributed by atoms with Crippen LogP contribution >= 0.6 is 0 Å². The molecule has 0 saturated carbocycles. The molecule has 5 heteroatoms. The third kappa shape index (κ3) is 3.05. The Morgan fingerprint density at radius 2 is 2.14 bits per heavy atom. The normalized spacial score (nSPS) is 21.0. The monoisotopic (exact) mass is 299 g/mol. The molecular weight excluding hydrogens is 278 g/mol. The number of aliphatic hydroxyl groups is 1. The van der Waals surface area contributed by atoms with Gasteiger partial charge in [-0.1, -0.05) is 36.4 Å². The van der Waals surface area contributed by atoms with E-state index in [0.29, 0.717) is 13.0 Å². The first-order valence-electron chi connectivity index (χ1n) is 7.54. The maximum absolute atomic E-state index is 12.2. The minimum atomic E-state index is -0.842. The van der Waals surface area contributed by atoms with Gasteiger partial charge in [0.25, 0.3) is 0 Å². The van der Waals surface area contributed by atoms with Gasteiger partial charge in [-0.2, -0.15) is 0 Å². The summed E-state index contributed by atoms with van der Waals surface area (Å²) in [6.07, 6.45) is 0.653. The van der Waals surface area contributed by atoms with Gasteiger partial charge >= 0.3 is 6.03 Å². The van der Waals surface area contributed by atoms with Crippen LogP contribution in [-0.2, 0) is 0 Å². The number of β-amino-alcohol motifs (C(OH)–C–C–N with tert-alkyl or cyclic N) is 1. The van der Waals surface area contributed by atoms with Crippen molar-refractivity contribution in [2.45, 2.75) is 18.9 Å². The van der Waals surface area contributed by atoms with Gasteiger partial charge in [0.05, 0.1) is 11.3 Å². The van der Waals surface area contributed by atoms with Crippen molar-refractivity contribution >= 4 is 22.5 Å². The highest BCUT2D eigenvalue weighted by atomic mass is 16.3. The first-order valence-corrected chi connectivity index (χ1v) is 7.54. The number of hydrogen-bond acceptors (Lipinski definition) is 3. The first-order chi connectivity index (χ1) is 10.6. The van der Waals surface area contributed by atoms with E-state index in [1.165, 1.54) is 0 Å². The summed E-state index contributed by atoms with van der Waals surface area (Å²) in [7, 11) is 0. The molecule has 4 N–H and O–H groups in total. The van der Waals surface area contributed by atoms with E-state index in [0.717, 1.165) is 28.6 Å². The molecule has 1 heterocycles. The van der Waals surface area contributed by atoms with Gasteiger partial charge in [-0.05, 0) is 30.8 Å². The standard InChI is InChI=1S/C17H21N3O2/c1-12-6-7-13-4-2-3-5-14(13)15(12)20-16(21)19-11-17(22)8-9-18-10-17/h2-7,18,22H,8-11H2,1H3,(H2,19,20,21)/t17-/m0/s1. The molecule has 1 aliphatic rings. The SMILES string of the molecule is Cc1ccc2ccccc2c1NC(=O)NC[C@]1(O)CCNC1. The number of anilines is 1. The van der Waals surface area contributed by atoms with E-state index in [2.05, 4.69) is 16.0 Å². The summed E-state index contributed by atoms with van der Waals surface area (Å²) >= 11 is 0. The lowest BCUT2D eigenvalue weighted by Crippen LogP contribution is -2.45.